The van der Waals surface area contributed by atoms with Crippen LogP contribution in [0.25, 0.3) is 0 Å². The maximum Gasteiger partial charge on any atom is 0.357 e. The summed E-state index contributed by atoms with van der Waals surface area (Å²) in [6, 6.07) is 12.6. The summed E-state index contributed by atoms with van der Waals surface area (Å²) >= 11 is 0. The van der Waals surface area contributed by atoms with Crippen molar-refractivity contribution in [3.63, 3.8) is 0 Å². The second kappa shape index (κ2) is 11.6. The summed E-state index contributed by atoms with van der Waals surface area (Å²) in [5.74, 6) is -0.852. The molecule has 1 unspecified atom stereocenters. The lowest BCUT2D eigenvalue weighted by atomic mass is 10.1. The molecule has 1 N–H and O–H groups in total. The summed E-state index contributed by atoms with van der Waals surface area (Å²) in [5, 5.41) is 14.7. The fourth-order valence-electron chi connectivity index (χ4n) is 3.59. The zero-order chi connectivity index (χ0) is 24.8. The zero-order valence-electron chi connectivity index (χ0n) is 20.6. The Morgan fingerprint density at radius 1 is 1.00 bits per heavy atom. The molecule has 0 spiro atoms. The van der Waals surface area contributed by atoms with Crippen molar-refractivity contribution in [1.82, 2.24) is 0 Å². The molecule has 0 aromatic heterocycles. The van der Waals surface area contributed by atoms with Crippen molar-refractivity contribution < 1.29 is 18.5 Å². The molecule has 33 heavy (non-hydrogen) atoms. The van der Waals surface area contributed by atoms with Gasteiger partial charge in [-0.1, -0.05) is 18.2 Å². The Bertz CT molecular complexity index is 961. The third-order valence-electron chi connectivity index (χ3n) is 5.08. The van der Waals surface area contributed by atoms with Gasteiger partial charge >= 0.3 is 7.60 Å². The maximum atomic E-state index is 14.1. The molecule has 2 aromatic carbocycles. The van der Waals surface area contributed by atoms with Crippen LogP contribution >= 0.6 is 7.60 Å². The molecule has 0 aliphatic heterocycles. The van der Waals surface area contributed by atoms with Crippen molar-refractivity contribution >= 4 is 24.7 Å². The first-order valence-electron chi connectivity index (χ1n) is 11.3. The molecule has 1 atom stereocenters. The lowest BCUT2D eigenvalue weighted by molar-refractivity contribution is -0.385. The number of anilines is 2. The number of aryl methyl sites for hydroxylation is 1. The lowest BCUT2D eigenvalue weighted by Gasteiger charge is -2.31. The van der Waals surface area contributed by atoms with Crippen LogP contribution in [0.15, 0.2) is 42.5 Å². The van der Waals surface area contributed by atoms with Crippen LogP contribution in [0, 0.1) is 17.0 Å². The van der Waals surface area contributed by atoms with Gasteiger partial charge in [-0.3, -0.25) is 14.7 Å². The summed E-state index contributed by atoms with van der Waals surface area (Å²) in [5.41, 5.74) is 2.76. The number of nitrogens with one attached hydrogen (secondary N) is 1. The fourth-order valence-corrected chi connectivity index (χ4v) is 5.90. The van der Waals surface area contributed by atoms with Crippen LogP contribution in [0.4, 0.5) is 17.1 Å². The number of benzene rings is 2. The Labute approximate surface area is 197 Å². The van der Waals surface area contributed by atoms with Crippen molar-refractivity contribution in [1.29, 1.82) is 0 Å². The van der Waals surface area contributed by atoms with Gasteiger partial charge in [0, 0.05) is 36.1 Å². The molecule has 0 bridgehead atoms. The predicted octanol–water partition coefficient (Wildman–Crippen LogP) is 6.90. The smallest absolute Gasteiger partial charge is 0.357 e. The van der Waals surface area contributed by atoms with E-state index in [-0.39, 0.29) is 17.9 Å². The Kier molecular flexibility index (Phi) is 9.46. The molecule has 0 heterocycles. The molecular formula is C24H36N3O5P. The van der Waals surface area contributed by atoms with E-state index < -0.39 is 18.3 Å². The molecule has 0 saturated heterocycles. The quantitative estimate of drug-likeness (QED) is 0.202. The standard InChI is InChI=1S/C24H36N3O5P/c1-8-26(9-2)22-14-11-20(12-15-22)24(33(30,31-17(3)4)32-18(5)6)25-21-13-10-19(7)23(16-21)27(28)29/h10-18,24-25H,8-9H2,1-7H3. The average molecular weight is 478 g/mol. The van der Waals surface area contributed by atoms with Gasteiger partial charge in [0.1, 0.15) is 0 Å². The highest BCUT2D eigenvalue weighted by Gasteiger charge is 2.39. The first-order valence-corrected chi connectivity index (χ1v) is 12.9. The first kappa shape index (κ1) is 26.8. The van der Waals surface area contributed by atoms with Crippen molar-refractivity contribution in [2.24, 2.45) is 0 Å². The van der Waals surface area contributed by atoms with Gasteiger partial charge in [-0.05, 0) is 72.2 Å². The molecule has 0 amide bonds. The van der Waals surface area contributed by atoms with Crippen molar-refractivity contribution in [3.8, 4) is 0 Å². The second-order valence-electron chi connectivity index (χ2n) is 8.42. The number of hydrogen-bond donors (Lipinski definition) is 1. The summed E-state index contributed by atoms with van der Waals surface area (Å²) in [4.78, 5) is 13.2. The Morgan fingerprint density at radius 2 is 1.55 bits per heavy atom. The van der Waals surface area contributed by atoms with E-state index in [2.05, 4.69) is 24.1 Å². The molecule has 9 heteroatoms. The summed E-state index contributed by atoms with van der Waals surface area (Å²) in [6.45, 7) is 14.8. The number of nitro groups is 1. The largest absolute Gasteiger partial charge is 0.372 e. The number of hydrogen-bond acceptors (Lipinski definition) is 7. The third-order valence-corrected chi connectivity index (χ3v) is 7.57. The van der Waals surface area contributed by atoms with E-state index in [1.54, 1.807) is 46.8 Å². The Balaban J connectivity index is 2.57. The van der Waals surface area contributed by atoms with Gasteiger partial charge in [-0.2, -0.15) is 0 Å². The minimum absolute atomic E-state index is 0.0139. The minimum atomic E-state index is -3.73. The monoisotopic (exact) mass is 477 g/mol. The third kappa shape index (κ3) is 7.03. The molecule has 0 fully saturated rings. The predicted molar refractivity (Wildman–Crippen MR) is 134 cm³/mol. The van der Waals surface area contributed by atoms with Crippen LogP contribution in [-0.2, 0) is 13.6 Å². The summed E-state index contributed by atoms with van der Waals surface area (Å²) in [6.07, 6.45) is -0.692. The van der Waals surface area contributed by atoms with Crippen LogP contribution in [0.2, 0.25) is 0 Å². The van der Waals surface area contributed by atoms with Crippen LogP contribution < -0.4 is 10.2 Å². The van der Waals surface area contributed by atoms with Gasteiger partial charge in [0.25, 0.3) is 5.69 Å². The van der Waals surface area contributed by atoms with Crippen LogP contribution in [0.1, 0.15) is 58.5 Å². The first-order chi connectivity index (χ1) is 15.5. The van der Waals surface area contributed by atoms with Gasteiger partial charge in [0.15, 0.2) is 5.78 Å². The molecular weight excluding hydrogens is 441 g/mol. The van der Waals surface area contributed by atoms with E-state index in [0.29, 0.717) is 16.8 Å². The van der Waals surface area contributed by atoms with Gasteiger partial charge < -0.3 is 19.3 Å². The molecule has 0 aliphatic rings. The van der Waals surface area contributed by atoms with Crippen LogP contribution in [0.3, 0.4) is 0 Å². The van der Waals surface area contributed by atoms with Gasteiger partial charge in [0.2, 0.25) is 0 Å². The summed E-state index contributed by atoms with van der Waals surface area (Å²) < 4.78 is 25.9. The second-order valence-corrected chi connectivity index (χ2v) is 10.4. The van der Waals surface area contributed by atoms with Gasteiger partial charge in [0.05, 0.1) is 17.1 Å². The Morgan fingerprint density at radius 3 is 2.00 bits per heavy atom. The van der Waals surface area contributed by atoms with Gasteiger partial charge in [-0.15, -0.1) is 0 Å². The highest BCUT2D eigenvalue weighted by atomic mass is 31.2. The molecule has 0 aliphatic carbocycles. The van der Waals surface area contributed by atoms with Gasteiger partial charge in [-0.25, -0.2) is 0 Å². The van der Waals surface area contributed by atoms with E-state index in [0.717, 1.165) is 18.8 Å². The van der Waals surface area contributed by atoms with E-state index in [1.807, 2.05) is 24.3 Å². The average Bonchev–Trinajstić information content (AvgIpc) is 2.73. The van der Waals surface area contributed by atoms with E-state index in [4.69, 9.17) is 9.05 Å². The minimum Gasteiger partial charge on any atom is -0.372 e. The SMILES string of the molecule is CCN(CC)c1ccc(C(Nc2ccc(C)c([N+](=O)[O-])c2)P(=O)(OC(C)C)OC(C)C)cc1. The van der Waals surface area contributed by atoms with E-state index in [9.17, 15) is 14.7 Å². The Hall–Kier alpha value is -2.41. The van der Waals surface area contributed by atoms with Crippen LogP contribution in [0.5, 0.6) is 0 Å². The lowest BCUT2D eigenvalue weighted by Crippen LogP contribution is -2.22. The molecule has 8 nitrogen and oxygen atoms in total. The topological polar surface area (TPSA) is 93.9 Å². The van der Waals surface area contributed by atoms with Crippen molar-refractivity contribution in [2.75, 3.05) is 23.3 Å². The molecule has 0 saturated carbocycles. The summed E-state index contributed by atoms with van der Waals surface area (Å²) in [7, 11) is -3.73. The van der Waals surface area contributed by atoms with E-state index in [1.165, 1.54) is 6.07 Å². The highest BCUT2D eigenvalue weighted by molar-refractivity contribution is 7.54. The molecule has 0 radical (unpaired) electrons. The van der Waals surface area contributed by atoms with E-state index >= 15 is 0 Å². The molecule has 182 valence electrons. The molecule has 2 aromatic rings. The number of nitro benzene ring substituents is 1. The fraction of sp³-hybridized carbons (Fsp3) is 0.500. The van der Waals surface area contributed by atoms with Crippen molar-refractivity contribution in [3.05, 3.63) is 63.7 Å². The number of rotatable bonds is 12. The molecule has 2 rings (SSSR count). The highest BCUT2D eigenvalue weighted by Crippen LogP contribution is 2.62. The maximum absolute atomic E-state index is 14.1. The zero-order valence-corrected chi connectivity index (χ0v) is 21.5. The van der Waals surface area contributed by atoms with Crippen molar-refractivity contribution in [2.45, 2.75) is 66.5 Å². The number of nitrogens with zero attached hydrogens (tertiary/aromatic N) is 2. The van der Waals surface area contributed by atoms with Crippen LogP contribution in [-0.4, -0.2) is 30.2 Å². The normalized spacial score (nSPS) is 12.8.